The van der Waals surface area contributed by atoms with Gasteiger partial charge in [-0.05, 0) is 47.0 Å². The van der Waals surface area contributed by atoms with Gasteiger partial charge < -0.3 is 5.32 Å². The van der Waals surface area contributed by atoms with Gasteiger partial charge in [0.25, 0.3) is 0 Å². The number of rotatable bonds is 5. The third-order valence-electron chi connectivity index (χ3n) is 2.36. The Kier molecular flexibility index (Phi) is 6.13. The van der Waals surface area contributed by atoms with Gasteiger partial charge in [0, 0.05) is 16.8 Å². The lowest BCUT2D eigenvalue weighted by Crippen LogP contribution is -2.13. The number of carbonyl (C=O) groups excluding carboxylic acids is 1. The molecule has 0 radical (unpaired) electrons. The minimum absolute atomic E-state index is 0.116. The van der Waals surface area contributed by atoms with E-state index < -0.39 is 11.7 Å². The van der Waals surface area contributed by atoms with Crippen molar-refractivity contribution in [1.29, 1.82) is 0 Å². The van der Waals surface area contributed by atoms with Crippen LogP contribution in [0.5, 0.6) is 0 Å². The summed E-state index contributed by atoms with van der Waals surface area (Å²) in [6.45, 7) is 0. The Morgan fingerprint density at radius 1 is 1.32 bits per heavy atom. The molecule has 19 heavy (non-hydrogen) atoms. The molecule has 1 rings (SSSR count). The topological polar surface area (TPSA) is 29.1 Å². The van der Waals surface area contributed by atoms with E-state index in [2.05, 4.69) is 21.2 Å². The molecule has 0 aliphatic rings. The maximum atomic E-state index is 12.5. The van der Waals surface area contributed by atoms with Crippen LogP contribution in [0, 0.1) is 0 Å². The Morgan fingerprint density at radius 3 is 2.58 bits per heavy atom. The van der Waals surface area contributed by atoms with Crippen molar-refractivity contribution >= 4 is 39.1 Å². The number of hydrogen-bond donors (Lipinski definition) is 1. The molecule has 0 saturated heterocycles. The fourth-order valence-corrected chi connectivity index (χ4v) is 1.92. The summed E-state index contributed by atoms with van der Waals surface area (Å²) in [6.07, 6.45) is -2.90. The van der Waals surface area contributed by atoms with Crippen LogP contribution in [0.3, 0.4) is 0 Å². The van der Waals surface area contributed by atoms with Gasteiger partial charge in [0.2, 0.25) is 5.91 Å². The highest BCUT2D eigenvalue weighted by Gasteiger charge is 2.31. The Labute approximate surface area is 122 Å². The standard InChI is InChI=1S/C12H12BrClF3NO/c13-9-5-4-8(12(15,16)17)7-10(9)18-11(19)3-1-2-6-14/h4-5,7H,1-3,6H2,(H,18,19). The first kappa shape index (κ1) is 16.3. The van der Waals surface area contributed by atoms with Crippen molar-refractivity contribution in [2.45, 2.75) is 25.4 Å². The van der Waals surface area contributed by atoms with Gasteiger partial charge >= 0.3 is 6.18 Å². The molecule has 2 nitrogen and oxygen atoms in total. The molecule has 1 N–H and O–H groups in total. The Balaban J connectivity index is 2.74. The van der Waals surface area contributed by atoms with E-state index in [9.17, 15) is 18.0 Å². The van der Waals surface area contributed by atoms with Gasteiger partial charge in [-0.2, -0.15) is 13.2 Å². The average molecular weight is 359 g/mol. The Morgan fingerprint density at radius 2 is 2.00 bits per heavy atom. The highest BCUT2D eigenvalue weighted by atomic mass is 79.9. The number of alkyl halides is 4. The molecule has 0 bridgehead atoms. The molecule has 0 fully saturated rings. The zero-order valence-electron chi connectivity index (χ0n) is 9.86. The van der Waals surface area contributed by atoms with E-state index in [1.807, 2.05) is 0 Å². The van der Waals surface area contributed by atoms with Crippen LogP contribution in [0.4, 0.5) is 18.9 Å². The molecule has 0 aliphatic heterocycles. The van der Waals surface area contributed by atoms with Crippen molar-refractivity contribution in [3.63, 3.8) is 0 Å². The van der Waals surface area contributed by atoms with Crippen molar-refractivity contribution < 1.29 is 18.0 Å². The summed E-state index contributed by atoms with van der Waals surface area (Å²) < 4.78 is 38.0. The monoisotopic (exact) mass is 357 g/mol. The second-order valence-corrected chi connectivity index (χ2v) is 5.12. The summed E-state index contributed by atoms with van der Waals surface area (Å²) >= 11 is 8.58. The van der Waals surface area contributed by atoms with E-state index in [-0.39, 0.29) is 18.0 Å². The van der Waals surface area contributed by atoms with E-state index in [0.717, 1.165) is 12.1 Å². The predicted molar refractivity (Wildman–Crippen MR) is 72.3 cm³/mol. The fraction of sp³-hybridized carbons (Fsp3) is 0.417. The summed E-state index contributed by atoms with van der Waals surface area (Å²) in [6, 6.07) is 3.12. The van der Waals surface area contributed by atoms with Crippen molar-refractivity contribution in [1.82, 2.24) is 0 Å². The first-order valence-corrected chi connectivity index (χ1v) is 6.90. The van der Waals surface area contributed by atoms with Crippen LogP contribution in [-0.4, -0.2) is 11.8 Å². The summed E-state index contributed by atoms with van der Waals surface area (Å²) in [5.74, 6) is 0.130. The van der Waals surface area contributed by atoms with Gasteiger partial charge in [-0.15, -0.1) is 11.6 Å². The SMILES string of the molecule is O=C(CCCCCl)Nc1cc(C(F)(F)F)ccc1Br. The van der Waals surface area contributed by atoms with E-state index in [1.165, 1.54) is 6.07 Å². The number of anilines is 1. The van der Waals surface area contributed by atoms with Crippen molar-refractivity contribution in [3.8, 4) is 0 Å². The molecule has 1 aromatic rings. The molecular weight excluding hydrogens is 346 g/mol. The van der Waals surface area contributed by atoms with Crippen LogP contribution in [0.1, 0.15) is 24.8 Å². The molecule has 1 aromatic carbocycles. The van der Waals surface area contributed by atoms with Gasteiger partial charge in [-0.3, -0.25) is 4.79 Å². The summed E-state index contributed by atoms with van der Waals surface area (Å²) in [5.41, 5.74) is -0.683. The number of unbranched alkanes of at least 4 members (excludes halogenated alkanes) is 1. The molecule has 0 atom stereocenters. The second-order valence-electron chi connectivity index (χ2n) is 3.89. The third kappa shape index (κ3) is 5.40. The lowest BCUT2D eigenvalue weighted by atomic mass is 10.2. The Hall–Kier alpha value is -0.750. The highest BCUT2D eigenvalue weighted by molar-refractivity contribution is 9.10. The number of hydrogen-bond acceptors (Lipinski definition) is 1. The first-order chi connectivity index (χ1) is 8.84. The molecule has 0 aromatic heterocycles. The molecule has 7 heteroatoms. The van der Waals surface area contributed by atoms with Gasteiger partial charge in [-0.25, -0.2) is 0 Å². The highest BCUT2D eigenvalue weighted by Crippen LogP contribution is 2.34. The zero-order chi connectivity index (χ0) is 14.5. The normalized spacial score (nSPS) is 11.4. The summed E-state index contributed by atoms with van der Waals surface area (Å²) in [4.78, 5) is 11.5. The van der Waals surface area contributed by atoms with Crippen LogP contribution in [0.2, 0.25) is 0 Å². The molecule has 0 spiro atoms. The van der Waals surface area contributed by atoms with Gasteiger partial charge in [0.1, 0.15) is 0 Å². The van der Waals surface area contributed by atoms with Gasteiger partial charge in [0.05, 0.1) is 11.3 Å². The quantitative estimate of drug-likeness (QED) is 0.593. The third-order valence-corrected chi connectivity index (χ3v) is 3.31. The minimum Gasteiger partial charge on any atom is -0.325 e. The second kappa shape index (κ2) is 7.14. The van der Waals surface area contributed by atoms with Crippen LogP contribution >= 0.6 is 27.5 Å². The summed E-state index contributed by atoms with van der Waals surface area (Å²) in [5, 5.41) is 2.45. The fourth-order valence-electron chi connectivity index (χ4n) is 1.39. The summed E-state index contributed by atoms with van der Waals surface area (Å²) in [7, 11) is 0. The van der Waals surface area contributed by atoms with E-state index in [4.69, 9.17) is 11.6 Å². The predicted octanol–water partition coefficient (Wildman–Crippen LogP) is 4.82. The van der Waals surface area contributed by atoms with Crippen LogP contribution < -0.4 is 5.32 Å². The molecular formula is C12H12BrClF3NO. The molecule has 0 saturated carbocycles. The average Bonchev–Trinajstić information content (AvgIpc) is 2.31. The van der Waals surface area contributed by atoms with Crippen LogP contribution in [0.25, 0.3) is 0 Å². The molecule has 0 aliphatic carbocycles. The van der Waals surface area contributed by atoms with Crippen molar-refractivity contribution in [2.75, 3.05) is 11.2 Å². The van der Waals surface area contributed by atoms with Crippen molar-refractivity contribution in [2.24, 2.45) is 0 Å². The maximum Gasteiger partial charge on any atom is 0.416 e. The van der Waals surface area contributed by atoms with Gasteiger partial charge in [-0.1, -0.05) is 0 Å². The molecule has 106 valence electrons. The van der Waals surface area contributed by atoms with Crippen LogP contribution in [0.15, 0.2) is 22.7 Å². The number of nitrogens with one attached hydrogen (secondary N) is 1. The first-order valence-electron chi connectivity index (χ1n) is 5.57. The maximum absolute atomic E-state index is 12.5. The van der Waals surface area contributed by atoms with Crippen LogP contribution in [-0.2, 0) is 11.0 Å². The zero-order valence-corrected chi connectivity index (χ0v) is 12.2. The minimum atomic E-state index is -4.43. The number of amides is 1. The number of halogens is 5. The van der Waals surface area contributed by atoms with E-state index in [0.29, 0.717) is 23.2 Å². The number of carbonyl (C=O) groups is 1. The van der Waals surface area contributed by atoms with Crippen molar-refractivity contribution in [3.05, 3.63) is 28.2 Å². The largest absolute Gasteiger partial charge is 0.416 e. The van der Waals surface area contributed by atoms with Gasteiger partial charge in [0.15, 0.2) is 0 Å². The van der Waals surface area contributed by atoms with E-state index in [1.54, 1.807) is 0 Å². The van der Waals surface area contributed by atoms with E-state index >= 15 is 0 Å². The lowest BCUT2D eigenvalue weighted by molar-refractivity contribution is -0.137. The molecule has 0 unspecified atom stereocenters. The number of benzene rings is 1. The molecule has 0 heterocycles. The smallest absolute Gasteiger partial charge is 0.325 e. The Bertz CT molecular complexity index is 451. The lowest BCUT2D eigenvalue weighted by Gasteiger charge is -2.11. The molecule has 1 amide bonds.